The summed E-state index contributed by atoms with van der Waals surface area (Å²) in [7, 11) is -3.84. The fraction of sp³-hybridized carbons (Fsp3) is 0.235. The smallest absolute Gasteiger partial charge is 0.406 e. The summed E-state index contributed by atoms with van der Waals surface area (Å²) >= 11 is 0. The highest BCUT2D eigenvalue weighted by atomic mass is 32.2. The predicted molar refractivity (Wildman–Crippen MR) is 89.7 cm³/mol. The van der Waals surface area contributed by atoms with Crippen molar-refractivity contribution in [2.75, 3.05) is 11.1 Å². The summed E-state index contributed by atoms with van der Waals surface area (Å²) in [5, 5.41) is 2.33. The minimum atomic E-state index is -4.81. The van der Waals surface area contributed by atoms with Gasteiger partial charge in [0.2, 0.25) is 5.91 Å². The fourth-order valence-corrected chi connectivity index (χ4v) is 3.32. The lowest BCUT2D eigenvalue weighted by atomic mass is 10.1. The number of anilines is 1. The van der Waals surface area contributed by atoms with Gasteiger partial charge in [0.15, 0.2) is 9.84 Å². The Kier molecular flexibility index (Phi) is 5.60. The fourth-order valence-electron chi connectivity index (χ4n) is 2.10. The number of benzene rings is 2. The second-order valence-corrected chi connectivity index (χ2v) is 7.62. The van der Waals surface area contributed by atoms with E-state index in [1.165, 1.54) is 24.3 Å². The normalized spacial score (nSPS) is 11.9. The molecule has 0 heterocycles. The summed E-state index contributed by atoms with van der Waals surface area (Å²) in [5.41, 5.74) is 1.86. The Morgan fingerprint density at radius 2 is 1.65 bits per heavy atom. The topological polar surface area (TPSA) is 72.5 Å². The van der Waals surface area contributed by atoms with Crippen molar-refractivity contribution in [1.29, 1.82) is 0 Å². The molecule has 0 saturated heterocycles. The van der Waals surface area contributed by atoms with Crippen LogP contribution in [0.1, 0.15) is 11.1 Å². The number of carbonyl (C=O) groups excluding carboxylic acids is 1. The Morgan fingerprint density at radius 1 is 1.04 bits per heavy atom. The summed E-state index contributed by atoms with van der Waals surface area (Å²) in [4.78, 5) is 12.0. The van der Waals surface area contributed by atoms with Crippen LogP contribution >= 0.6 is 0 Å². The number of aryl methyl sites for hydroxylation is 2. The van der Waals surface area contributed by atoms with Gasteiger partial charge in [-0.3, -0.25) is 4.79 Å². The molecule has 0 aromatic heterocycles. The van der Waals surface area contributed by atoms with Crippen molar-refractivity contribution >= 4 is 21.4 Å². The molecule has 5 nitrogen and oxygen atoms in total. The molecule has 140 valence electrons. The SMILES string of the molecule is Cc1ccc(S(=O)(=O)CC(=O)Nc2ccc(OC(F)(F)F)cc2)cc1C. The average Bonchev–Trinajstić information content (AvgIpc) is 2.50. The van der Waals surface area contributed by atoms with Crippen molar-refractivity contribution in [3.63, 3.8) is 0 Å². The lowest BCUT2D eigenvalue weighted by molar-refractivity contribution is -0.274. The second kappa shape index (κ2) is 7.36. The second-order valence-electron chi connectivity index (χ2n) is 5.63. The first kappa shape index (κ1) is 19.8. The summed E-state index contributed by atoms with van der Waals surface area (Å²) in [6.45, 7) is 3.60. The van der Waals surface area contributed by atoms with E-state index in [0.717, 1.165) is 23.3 Å². The molecule has 2 aromatic rings. The number of hydrogen-bond donors (Lipinski definition) is 1. The van der Waals surface area contributed by atoms with Crippen molar-refractivity contribution in [1.82, 2.24) is 0 Å². The maximum atomic E-state index is 12.3. The van der Waals surface area contributed by atoms with Crippen LogP contribution in [0.5, 0.6) is 5.75 Å². The molecule has 0 radical (unpaired) electrons. The summed E-state index contributed by atoms with van der Waals surface area (Å²) in [6.07, 6.45) is -4.81. The first-order valence-electron chi connectivity index (χ1n) is 7.42. The third kappa shape index (κ3) is 5.48. The van der Waals surface area contributed by atoms with Crippen molar-refractivity contribution in [2.24, 2.45) is 0 Å². The van der Waals surface area contributed by atoms with Gasteiger partial charge in [0.1, 0.15) is 11.5 Å². The van der Waals surface area contributed by atoms with Gasteiger partial charge >= 0.3 is 6.36 Å². The van der Waals surface area contributed by atoms with Crippen LogP contribution in [0.15, 0.2) is 47.4 Å². The molecule has 26 heavy (non-hydrogen) atoms. The molecule has 0 unspecified atom stereocenters. The number of alkyl halides is 3. The van der Waals surface area contributed by atoms with Gasteiger partial charge in [0, 0.05) is 5.69 Å². The van der Waals surface area contributed by atoms with Crippen LogP contribution in [-0.4, -0.2) is 26.4 Å². The highest BCUT2D eigenvalue weighted by Crippen LogP contribution is 2.24. The Balaban J connectivity index is 2.04. The Labute approximate surface area is 148 Å². The van der Waals surface area contributed by atoms with Crippen molar-refractivity contribution in [2.45, 2.75) is 25.1 Å². The maximum absolute atomic E-state index is 12.3. The standard InChI is InChI=1S/C17H16F3NO4S/c1-11-3-8-15(9-12(11)2)26(23,24)10-16(22)21-13-4-6-14(7-5-13)25-17(18,19)20/h3-9H,10H2,1-2H3,(H,21,22). The van der Waals surface area contributed by atoms with E-state index in [9.17, 15) is 26.4 Å². The zero-order valence-corrected chi connectivity index (χ0v) is 14.7. The summed E-state index contributed by atoms with van der Waals surface area (Å²) < 4.78 is 64.6. The molecule has 0 aliphatic heterocycles. The van der Waals surface area contributed by atoms with Gasteiger partial charge in [0.05, 0.1) is 4.90 Å². The van der Waals surface area contributed by atoms with Crippen LogP contribution in [0.4, 0.5) is 18.9 Å². The molecule has 0 aliphatic carbocycles. The Bertz CT molecular complexity index is 907. The lowest BCUT2D eigenvalue weighted by Gasteiger charge is -2.10. The zero-order chi connectivity index (χ0) is 19.5. The van der Waals surface area contributed by atoms with Crippen LogP contribution in [0.25, 0.3) is 0 Å². The van der Waals surface area contributed by atoms with Crippen molar-refractivity contribution in [3.05, 3.63) is 53.6 Å². The third-order valence-corrected chi connectivity index (χ3v) is 5.14. The molecule has 0 spiro atoms. The first-order chi connectivity index (χ1) is 12.0. The molecule has 0 saturated carbocycles. The van der Waals surface area contributed by atoms with Gasteiger partial charge in [0.25, 0.3) is 0 Å². The van der Waals surface area contributed by atoms with E-state index < -0.39 is 33.6 Å². The van der Waals surface area contributed by atoms with Crippen LogP contribution in [0.3, 0.4) is 0 Å². The number of amides is 1. The van der Waals surface area contributed by atoms with E-state index >= 15 is 0 Å². The van der Waals surface area contributed by atoms with Gasteiger partial charge in [-0.25, -0.2) is 8.42 Å². The van der Waals surface area contributed by atoms with E-state index in [-0.39, 0.29) is 10.6 Å². The molecule has 1 N–H and O–H groups in total. The summed E-state index contributed by atoms with van der Waals surface area (Å²) in [5.74, 6) is -2.03. The summed E-state index contributed by atoms with van der Waals surface area (Å²) in [6, 6.07) is 8.96. The van der Waals surface area contributed by atoms with E-state index in [4.69, 9.17) is 0 Å². The molecule has 1 amide bonds. The maximum Gasteiger partial charge on any atom is 0.573 e. The number of halogens is 3. The lowest BCUT2D eigenvalue weighted by Crippen LogP contribution is -2.23. The van der Waals surface area contributed by atoms with Gasteiger partial charge in [-0.05, 0) is 61.4 Å². The van der Waals surface area contributed by atoms with Crippen LogP contribution < -0.4 is 10.1 Å². The molecule has 9 heteroatoms. The average molecular weight is 387 g/mol. The number of hydrogen-bond acceptors (Lipinski definition) is 4. The molecule has 0 atom stereocenters. The minimum Gasteiger partial charge on any atom is -0.406 e. The molecular weight excluding hydrogens is 371 g/mol. The van der Waals surface area contributed by atoms with E-state index in [2.05, 4.69) is 10.1 Å². The number of carbonyl (C=O) groups is 1. The number of nitrogens with one attached hydrogen (secondary N) is 1. The largest absolute Gasteiger partial charge is 0.573 e. The Morgan fingerprint density at radius 3 is 2.19 bits per heavy atom. The highest BCUT2D eigenvalue weighted by Gasteiger charge is 2.31. The van der Waals surface area contributed by atoms with Gasteiger partial charge in [-0.2, -0.15) is 0 Å². The number of ether oxygens (including phenoxy) is 1. The molecule has 2 rings (SSSR count). The monoisotopic (exact) mass is 387 g/mol. The van der Waals surface area contributed by atoms with Crippen LogP contribution in [0, 0.1) is 13.8 Å². The third-order valence-electron chi connectivity index (χ3n) is 3.53. The van der Waals surface area contributed by atoms with E-state index in [0.29, 0.717) is 0 Å². The molecule has 0 aliphatic rings. The molecule has 2 aromatic carbocycles. The van der Waals surface area contributed by atoms with Gasteiger partial charge in [-0.15, -0.1) is 13.2 Å². The number of sulfone groups is 1. The van der Waals surface area contributed by atoms with Crippen LogP contribution in [-0.2, 0) is 14.6 Å². The molecular formula is C17H16F3NO4S. The first-order valence-corrected chi connectivity index (χ1v) is 9.07. The predicted octanol–water partition coefficient (Wildman–Crippen LogP) is 3.61. The van der Waals surface area contributed by atoms with Gasteiger partial charge < -0.3 is 10.1 Å². The van der Waals surface area contributed by atoms with E-state index in [1.54, 1.807) is 13.0 Å². The Hall–Kier alpha value is -2.55. The van der Waals surface area contributed by atoms with Crippen molar-refractivity contribution in [3.8, 4) is 5.75 Å². The molecule has 0 fully saturated rings. The van der Waals surface area contributed by atoms with Gasteiger partial charge in [-0.1, -0.05) is 6.07 Å². The highest BCUT2D eigenvalue weighted by molar-refractivity contribution is 7.92. The van der Waals surface area contributed by atoms with E-state index in [1.807, 2.05) is 6.92 Å². The zero-order valence-electron chi connectivity index (χ0n) is 13.9. The van der Waals surface area contributed by atoms with Crippen molar-refractivity contribution < 1.29 is 31.1 Å². The number of rotatable bonds is 5. The minimum absolute atomic E-state index is 0.0321. The molecule has 0 bridgehead atoms. The quantitative estimate of drug-likeness (QED) is 0.851. The van der Waals surface area contributed by atoms with Crippen LogP contribution in [0.2, 0.25) is 0 Å².